The van der Waals surface area contributed by atoms with Crippen LogP contribution in [0.2, 0.25) is 0 Å². The summed E-state index contributed by atoms with van der Waals surface area (Å²) < 4.78 is 0. The molecule has 2 nitrogen and oxygen atoms in total. The van der Waals surface area contributed by atoms with E-state index < -0.39 is 0 Å². The van der Waals surface area contributed by atoms with Crippen molar-refractivity contribution in [2.24, 2.45) is 5.41 Å². The Labute approximate surface area is 84.6 Å². The van der Waals surface area contributed by atoms with Gasteiger partial charge in [-0.05, 0) is 31.0 Å². The lowest BCUT2D eigenvalue weighted by Crippen LogP contribution is -2.23. The molecule has 1 aromatic carbocycles. The summed E-state index contributed by atoms with van der Waals surface area (Å²) in [6.45, 7) is 5.43. The first-order valence-corrected chi connectivity index (χ1v) is 4.71. The molecule has 0 radical (unpaired) electrons. The van der Waals surface area contributed by atoms with E-state index in [0.29, 0.717) is 6.42 Å². The van der Waals surface area contributed by atoms with E-state index in [1.807, 2.05) is 19.9 Å². The number of aromatic hydroxyl groups is 1. The van der Waals surface area contributed by atoms with Crippen molar-refractivity contribution in [3.05, 3.63) is 29.8 Å². The number of hydrogen-bond donors (Lipinski definition) is 1. The van der Waals surface area contributed by atoms with E-state index in [2.05, 4.69) is 0 Å². The van der Waals surface area contributed by atoms with Crippen LogP contribution in [0.4, 0.5) is 0 Å². The van der Waals surface area contributed by atoms with Crippen LogP contribution in [0.25, 0.3) is 0 Å². The Balaban J connectivity index is 2.83. The van der Waals surface area contributed by atoms with Crippen LogP contribution in [0.3, 0.4) is 0 Å². The molecule has 0 aliphatic carbocycles. The zero-order valence-corrected chi connectivity index (χ0v) is 8.87. The largest absolute Gasteiger partial charge is 0.508 e. The molecule has 0 aliphatic heterocycles. The topological polar surface area (TPSA) is 37.3 Å². The lowest BCUT2D eigenvalue weighted by Gasteiger charge is -2.20. The molecule has 0 atom stereocenters. The molecule has 0 saturated carbocycles. The van der Waals surface area contributed by atoms with Crippen LogP contribution in [0.1, 0.15) is 26.3 Å². The average molecular weight is 192 g/mol. The maximum atomic E-state index is 11.3. The van der Waals surface area contributed by atoms with E-state index in [0.717, 1.165) is 5.56 Å². The molecule has 76 valence electrons. The van der Waals surface area contributed by atoms with E-state index in [9.17, 15) is 9.90 Å². The number of phenols is 1. The molecule has 1 N–H and O–H groups in total. The van der Waals surface area contributed by atoms with Crippen LogP contribution in [0.15, 0.2) is 24.3 Å². The van der Waals surface area contributed by atoms with Crippen LogP contribution in [-0.4, -0.2) is 10.9 Å². The molecule has 0 aliphatic rings. The maximum Gasteiger partial charge on any atom is 0.135 e. The Morgan fingerprint density at radius 3 is 2.57 bits per heavy atom. The number of benzene rings is 1. The summed E-state index contributed by atoms with van der Waals surface area (Å²) in [4.78, 5) is 11.3. The molecule has 0 saturated heterocycles. The van der Waals surface area contributed by atoms with Crippen molar-refractivity contribution in [1.29, 1.82) is 0 Å². The van der Waals surface area contributed by atoms with Crippen LogP contribution < -0.4 is 0 Å². The summed E-state index contributed by atoms with van der Waals surface area (Å²) in [5.41, 5.74) is 0.638. The Hall–Kier alpha value is -1.31. The van der Waals surface area contributed by atoms with Gasteiger partial charge in [-0.15, -0.1) is 0 Å². The Morgan fingerprint density at radius 1 is 1.43 bits per heavy atom. The molecule has 0 aromatic heterocycles. The standard InChI is InChI=1S/C12H16O2/c1-9(13)12(2,3)8-10-5-4-6-11(14)7-10/h4-7,14H,8H2,1-3H3. The number of ketones is 1. The molecule has 14 heavy (non-hydrogen) atoms. The molecule has 0 amide bonds. The molecular formula is C12H16O2. The fourth-order valence-electron chi connectivity index (χ4n) is 1.30. The molecule has 0 heterocycles. The Bertz CT molecular complexity index is 340. The second-order valence-electron chi connectivity index (χ2n) is 4.29. The number of hydrogen-bond acceptors (Lipinski definition) is 2. The molecule has 1 aromatic rings. The van der Waals surface area contributed by atoms with Crippen molar-refractivity contribution < 1.29 is 9.90 Å². The van der Waals surface area contributed by atoms with Crippen LogP contribution in [0.5, 0.6) is 5.75 Å². The minimum absolute atomic E-state index is 0.167. The average Bonchev–Trinajstić information content (AvgIpc) is 2.02. The monoisotopic (exact) mass is 192 g/mol. The van der Waals surface area contributed by atoms with Crippen molar-refractivity contribution in [1.82, 2.24) is 0 Å². The molecule has 0 fully saturated rings. The van der Waals surface area contributed by atoms with E-state index in [4.69, 9.17) is 0 Å². The molecule has 0 spiro atoms. The Morgan fingerprint density at radius 2 is 2.07 bits per heavy atom. The lowest BCUT2D eigenvalue weighted by molar-refractivity contribution is -0.124. The van der Waals surface area contributed by atoms with Crippen LogP contribution >= 0.6 is 0 Å². The summed E-state index contributed by atoms with van der Waals surface area (Å²) in [5, 5.41) is 9.26. The van der Waals surface area contributed by atoms with Gasteiger partial charge in [0.2, 0.25) is 0 Å². The van der Waals surface area contributed by atoms with Crippen LogP contribution in [-0.2, 0) is 11.2 Å². The second-order valence-corrected chi connectivity index (χ2v) is 4.29. The van der Waals surface area contributed by atoms with Gasteiger partial charge in [-0.3, -0.25) is 4.79 Å². The molecule has 0 unspecified atom stereocenters. The van der Waals surface area contributed by atoms with Gasteiger partial charge in [0.15, 0.2) is 0 Å². The van der Waals surface area contributed by atoms with E-state index in [1.54, 1.807) is 25.1 Å². The van der Waals surface area contributed by atoms with Gasteiger partial charge >= 0.3 is 0 Å². The Kier molecular flexibility index (Phi) is 2.94. The third-order valence-corrected chi connectivity index (χ3v) is 2.51. The highest BCUT2D eigenvalue weighted by molar-refractivity contribution is 5.81. The van der Waals surface area contributed by atoms with Crippen molar-refractivity contribution in [3.63, 3.8) is 0 Å². The molecule has 1 rings (SSSR count). The number of rotatable bonds is 3. The third-order valence-electron chi connectivity index (χ3n) is 2.51. The van der Waals surface area contributed by atoms with Crippen molar-refractivity contribution >= 4 is 5.78 Å². The van der Waals surface area contributed by atoms with Crippen molar-refractivity contribution in [2.45, 2.75) is 27.2 Å². The van der Waals surface area contributed by atoms with Crippen molar-refractivity contribution in [3.8, 4) is 5.75 Å². The minimum Gasteiger partial charge on any atom is -0.508 e. The predicted octanol–water partition coefficient (Wildman–Crippen LogP) is 2.55. The summed E-state index contributed by atoms with van der Waals surface area (Å²) >= 11 is 0. The predicted molar refractivity (Wildman–Crippen MR) is 56.3 cm³/mol. The highest BCUT2D eigenvalue weighted by Crippen LogP contribution is 2.24. The van der Waals surface area contributed by atoms with Gasteiger partial charge in [-0.2, -0.15) is 0 Å². The summed E-state index contributed by atoms with van der Waals surface area (Å²) in [6, 6.07) is 7.04. The molecular weight excluding hydrogens is 176 g/mol. The zero-order chi connectivity index (χ0) is 10.8. The first-order chi connectivity index (χ1) is 6.42. The summed E-state index contributed by atoms with van der Waals surface area (Å²) in [5.74, 6) is 0.419. The number of carbonyl (C=O) groups is 1. The molecule has 0 bridgehead atoms. The fourth-order valence-corrected chi connectivity index (χ4v) is 1.30. The first-order valence-electron chi connectivity index (χ1n) is 4.71. The quantitative estimate of drug-likeness (QED) is 0.799. The minimum atomic E-state index is -0.353. The van der Waals surface area contributed by atoms with Crippen molar-refractivity contribution in [2.75, 3.05) is 0 Å². The van der Waals surface area contributed by atoms with Gasteiger partial charge in [0, 0.05) is 5.41 Å². The summed E-state index contributed by atoms with van der Waals surface area (Å²) in [7, 11) is 0. The van der Waals surface area contributed by atoms with Gasteiger partial charge in [0.1, 0.15) is 11.5 Å². The highest BCUT2D eigenvalue weighted by atomic mass is 16.3. The number of Topliss-reactive ketones (excluding diaryl/α,β-unsaturated/α-hetero) is 1. The first kappa shape index (κ1) is 10.8. The zero-order valence-electron chi connectivity index (χ0n) is 8.87. The van der Waals surface area contributed by atoms with Gasteiger partial charge < -0.3 is 5.11 Å². The highest BCUT2D eigenvalue weighted by Gasteiger charge is 2.23. The van der Waals surface area contributed by atoms with Crippen LogP contribution in [0, 0.1) is 5.41 Å². The van der Waals surface area contributed by atoms with Gasteiger partial charge in [-0.25, -0.2) is 0 Å². The van der Waals surface area contributed by atoms with Gasteiger partial charge in [0.05, 0.1) is 0 Å². The third kappa shape index (κ3) is 2.59. The van der Waals surface area contributed by atoms with E-state index >= 15 is 0 Å². The smallest absolute Gasteiger partial charge is 0.135 e. The van der Waals surface area contributed by atoms with E-state index in [1.165, 1.54) is 0 Å². The van der Waals surface area contributed by atoms with E-state index in [-0.39, 0.29) is 16.9 Å². The normalized spacial score (nSPS) is 11.4. The van der Waals surface area contributed by atoms with Gasteiger partial charge in [-0.1, -0.05) is 26.0 Å². The number of phenolic OH excluding ortho intramolecular Hbond substituents is 1. The summed E-state index contributed by atoms with van der Waals surface area (Å²) in [6.07, 6.45) is 0.663. The lowest BCUT2D eigenvalue weighted by atomic mass is 9.82. The SMILES string of the molecule is CC(=O)C(C)(C)Cc1cccc(O)c1. The maximum absolute atomic E-state index is 11.3. The second kappa shape index (κ2) is 3.82. The fraction of sp³-hybridized carbons (Fsp3) is 0.417. The molecule has 2 heteroatoms. The van der Waals surface area contributed by atoms with Gasteiger partial charge in [0.25, 0.3) is 0 Å². The number of carbonyl (C=O) groups excluding carboxylic acids is 1.